The topological polar surface area (TPSA) is 29.5 Å². The van der Waals surface area contributed by atoms with Crippen molar-refractivity contribution in [2.24, 2.45) is 5.92 Å². The van der Waals surface area contributed by atoms with Crippen LogP contribution in [0.3, 0.4) is 0 Å². The molecule has 1 heterocycles. The maximum atomic E-state index is 10.3. The molecule has 1 aromatic carbocycles. The molecule has 1 fully saturated rings. The van der Waals surface area contributed by atoms with Gasteiger partial charge in [-0.2, -0.15) is 0 Å². The molecule has 1 aromatic rings. The maximum Gasteiger partial charge on any atom is 0.127 e. The van der Waals surface area contributed by atoms with E-state index in [0.717, 1.165) is 36.1 Å². The van der Waals surface area contributed by atoms with Crippen LogP contribution in [0.25, 0.3) is 0 Å². The number of aromatic hydroxyl groups is 1. The Hall–Kier alpha value is -1.44. The summed E-state index contributed by atoms with van der Waals surface area (Å²) in [5.41, 5.74) is 3.19. The summed E-state index contributed by atoms with van der Waals surface area (Å²) in [5.74, 6) is 2.07. The molecule has 0 aromatic heterocycles. The summed E-state index contributed by atoms with van der Waals surface area (Å²) in [6.07, 6.45) is 3.15. The highest BCUT2D eigenvalue weighted by Gasteiger charge is 2.46. The number of benzene rings is 1. The first-order chi connectivity index (χ1) is 8.89. The van der Waals surface area contributed by atoms with E-state index in [1.807, 2.05) is 13.0 Å². The van der Waals surface area contributed by atoms with E-state index in [1.165, 1.54) is 5.57 Å². The van der Waals surface area contributed by atoms with Crippen molar-refractivity contribution in [1.82, 2.24) is 0 Å². The molecular weight excluding hydrogens is 236 g/mol. The summed E-state index contributed by atoms with van der Waals surface area (Å²) in [6, 6.07) is 3.90. The van der Waals surface area contributed by atoms with Crippen molar-refractivity contribution in [3.8, 4) is 11.5 Å². The minimum Gasteiger partial charge on any atom is -0.508 e. The van der Waals surface area contributed by atoms with Gasteiger partial charge in [0, 0.05) is 11.5 Å². The Balaban J connectivity index is 2.15. The van der Waals surface area contributed by atoms with E-state index in [0.29, 0.717) is 17.6 Å². The summed E-state index contributed by atoms with van der Waals surface area (Å²) >= 11 is 0. The molecule has 2 aliphatic rings. The number of phenolic OH excluding ortho intramolecular Hbond substituents is 1. The number of hydrogen-bond acceptors (Lipinski definition) is 2. The average Bonchev–Trinajstić information content (AvgIpc) is 2.25. The highest BCUT2D eigenvalue weighted by atomic mass is 16.5. The number of ether oxygens (including phenoxy) is 1. The van der Waals surface area contributed by atoms with Gasteiger partial charge in [0.2, 0.25) is 0 Å². The molecule has 3 atom stereocenters. The zero-order valence-electron chi connectivity index (χ0n) is 12.0. The molecule has 0 spiro atoms. The fraction of sp³-hybridized carbons (Fsp3) is 0.529. The van der Waals surface area contributed by atoms with Crippen LogP contribution in [0.15, 0.2) is 24.3 Å². The molecule has 102 valence electrons. The Morgan fingerprint density at radius 1 is 1.47 bits per heavy atom. The lowest BCUT2D eigenvalue weighted by Crippen LogP contribution is -2.44. The molecule has 19 heavy (non-hydrogen) atoms. The van der Waals surface area contributed by atoms with Gasteiger partial charge >= 0.3 is 0 Å². The van der Waals surface area contributed by atoms with Crippen LogP contribution in [0.4, 0.5) is 0 Å². The summed E-state index contributed by atoms with van der Waals surface area (Å²) < 4.78 is 6.19. The van der Waals surface area contributed by atoms with E-state index in [2.05, 4.69) is 26.5 Å². The van der Waals surface area contributed by atoms with Crippen molar-refractivity contribution in [1.29, 1.82) is 0 Å². The molecule has 1 N–H and O–H groups in total. The molecule has 0 amide bonds. The van der Waals surface area contributed by atoms with E-state index < -0.39 is 0 Å². The Kier molecular flexibility index (Phi) is 2.67. The molecule has 0 saturated heterocycles. The van der Waals surface area contributed by atoms with Crippen LogP contribution in [0.5, 0.6) is 11.5 Å². The minimum atomic E-state index is -0.0795. The van der Waals surface area contributed by atoms with Crippen molar-refractivity contribution in [2.75, 3.05) is 0 Å². The normalized spacial score (nSPS) is 32.4. The van der Waals surface area contributed by atoms with Crippen molar-refractivity contribution in [3.05, 3.63) is 35.4 Å². The van der Waals surface area contributed by atoms with Crippen molar-refractivity contribution < 1.29 is 9.84 Å². The van der Waals surface area contributed by atoms with E-state index >= 15 is 0 Å². The summed E-state index contributed by atoms with van der Waals surface area (Å²) in [4.78, 5) is 0. The largest absolute Gasteiger partial charge is 0.508 e. The Labute approximate surface area is 115 Å². The lowest BCUT2D eigenvalue weighted by Gasteiger charge is -2.48. The lowest BCUT2D eigenvalue weighted by atomic mass is 9.65. The van der Waals surface area contributed by atoms with Gasteiger partial charge in [-0.15, -0.1) is 0 Å². The van der Waals surface area contributed by atoms with Crippen molar-refractivity contribution >= 4 is 0 Å². The number of phenols is 1. The van der Waals surface area contributed by atoms with Crippen LogP contribution in [-0.2, 0) is 0 Å². The summed E-state index contributed by atoms with van der Waals surface area (Å²) in [6.45, 7) is 10.4. The van der Waals surface area contributed by atoms with Gasteiger partial charge in [0.1, 0.15) is 17.1 Å². The van der Waals surface area contributed by atoms with Crippen LogP contribution >= 0.6 is 0 Å². The molecule has 2 bridgehead atoms. The average molecular weight is 258 g/mol. The third kappa shape index (κ3) is 1.94. The van der Waals surface area contributed by atoms with Crippen molar-refractivity contribution in [3.63, 3.8) is 0 Å². The van der Waals surface area contributed by atoms with E-state index in [4.69, 9.17) is 4.74 Å². The highest BCUT2D eigenvalue weighted by Crippen LogP contribution is 2.55. The van der Waals surface area contributed by atoms with E-state index in [9.17, 15) is 5.11 Å². The highest BCUT2D eigenvalue weighted by molar-refractivity contribution is 5.52. The molecule has 1 aliphatic heterocycles. The quantitative estimate of drug-likeness (QED) is 0.760. The van der Waals surface area contributed by atoms with E-state index in [1.54, 1.807) is 0 Å². The third-order valence-electron chi connectivity index (χ3n) is 4.75. The predicted octanol–water partition coefficient (Wildman–Crippen LogP) is 4.31. The predicted molar refractivity (Wildman–Crippen MR) is 76.8 cm³/mol. The zero-order chi connectivity index (χ0) is 13.8. The van der Waals surface area contributed by atoms with Crippen LogP contribution in [0.2, 0.25) is 0 Å². The van der Waals surface area contributed by atoms with Gasteiger partial charge in [-0.3, -0.25) is 0 Å². The second-order valence-corrected chi connectivity index (χ2v) is 6.55. The van der Waals surface area contributed by atoms with Gasteiger partial charge in [-0.1, -0.05) is 12.2 Å². The first-order valence-corrected chi connectivity index (χ1v) is 7.07. The third-order valence-corrected chi connectivity index (χ3v) is 4.75. The van der Waals surface area contributed by atoms with Gasteiger partial charge in [-0.25, -0.2) is 0 Å². The monoisotopic (exact) mass is 258 g/mol. The number of fused-ring (bicyclic) bond motifs is 4. The molecule has 3 rings (SSSR count). The second-order valence-electron chi connectivity index (χ2n) is 6.55. The van der Waals surface area contributed by atoms with Crippen LogP contribution < -0.4 is 4.74 Å². The zero-order valence-corrected chi connectivity index (χ0v) is 12.0. The number of aryl methyl sites for hydroxylation is 1. The van der Waals surface area contributed by atoms with Gasteiger partial charge in [0.05, 0.1) is 0 Å². The second kappa shape index (κ2) is 4.03. The van der Waals surface area contributed by atoms with Crippen LogP contribution in [0.1, 0.15) is 50.2 Å². The Morgan fingerprint density at radius 3 is 2.89 bits per heavy atom. The molecule has 2 heteroatoms. The van der Waals surface area contributed by atoms with Gasteiger partial charge in [0.25, 0.3) is 0 Å². The fourth-order valence-electron chi connectivity index (χ4n) is 3.83. The number of allylic oxidation sites excluding steroid dienone is 1. The van der Waals surface area contributed by atoms with Gasteiger partial charge in [0.15, 0.2) is 0 Å². The number of rotatable bonds is 1. The molecule has 2 nitrogen and oxygen atoms in total. The molecule has 1 aliphatic carbocycles. The molecule has 1 saturated carbocycles. The van der Waals surface area contributed by atoms with Gasteiger partial charge < -0.3 is 9.84 Å². The maximum absolute atomic E-state index is 10.3. The van der Waals surface area contributed by atoms with Crippen LogP contribution in [0, 0.1) is 12.8 Å². The smallest absolute Gasteiger partial charge is 0.127 e. The molecule has 0 radical (unpaired) electrons. The first-order valence-electron chi connectivity index (χ1n) is 7.07. The molecule has 0 unspecified atom stereocenters. The SMILES string of the molecule is C=C(C)[C@H]1CC[C@]2(C)C[C@H]1c1c(O)cc(C)cc1O2. The number of hydrogen-bond donors (Lipinski definition) is 1. The van der Waals surface area contributed by atoms with Crippen molar-refractivity contribution in [2.45, 2.75) is 51.6 Å². The van der Waals surface area contributed by atoms with Crippen LogP contribution in [-0.4, -0.2) is 10.7 Å². The van der Waals surface area contributed by atoms with Gasteiger partial charge in [-0.05, 0) is 63.6 Å². The Morgan fingerprint density at radius 2 is 2.21 bits per heavy atom. The lowest BCUT2D eigenvalue weighted by molar-refractivity contribution is 0.00633. The van der Waals surface area contributed by atoms with E-state index in [-0.39, 0.29) is 5.60 Å². The molecular formula is C17H22O2. The Bertz CT molecular complexity index is 546. The summed E-state index contributed by atoms with van der Waals surface area (Å²) in [7, 11) is 0. The standard InChI is InChI=1S/C17H22O2/c1-10(2)12-5-6-17(4)9-13(12)16-14(18)7-11(3)8-15(16)19-17/h7-8,12-13,18H,1,5-6,9H2,2-4H3/t12-,13-,17-/m1/s1. The minimum absolute atomic E-state index is 0.0795. The first kappa shape index (κ1) is 12.6. The fourth-order valence-corrected chi connectivity index (χ4v) is 3.83. The summed E-state index contributed by atoms with van der Waals surface area (Å²) in [5, 5.41) is 10.3.